The van der Waals surface area contributed by atoms with Crippen LogP contribution < -0.4 is 9.62 Å². The average molecular weight is 324 g/mol. The van der Waals surface area contributed by atoms with Crippen molar-refractivity contribution < 1.29 is 13.2 Å². The van der Waals surface area contributed by atoms with Crippen LogP contribution in [0.2, 0.25) is 0 Å². The SMILES string of the molecule is CCc1ccccc1N(CC(=O)NC1CCCC1)S(C)(=O)=O. The molecule has 1 aromatic rings. The number of sulfonamides is 1. The van der Waals surface area contributed by atoms with Gasteiger partial charge in [-0.2, -0.15) is 0 Å². The first-order valence-corrected chi connectivity index (χ1v) is 9.61. The van der Waals surface area contributed by atoms with E-state index in [1.54, 1.807) is 12.1 Å². The van der Waals surface area contributed by atoms with Crippen LogP contribution in [-0.4, -0.2) is 33.2 Å². The van der Waals surface area contributed by atoms with E-state index >= 15 is 0 Å². The normalized spacial score (nSPS) is 15.7. The molecule has 0 saturated heterocycles. The maximum absolute atomic E-state index is 12.2. The molecule has 5 nitrogen and oxygen atoms in total. The molecule has 1 amide bonds. The molecular formula is C16H24N2O3S. The second kappa shape index (κ2) is 7.13. The van der Waals surface area contributed by atoms with Crippen LogP contribution in [0.1, 0.15) is 38.2 Å². The van der Waals surface area contributed by atoms with Gasteiger partial charge in [-0.25, -0.2) is 8.42 Å². The molecule has 0 atom stereocenters. The fourth-order valence-corrected chi connectivity index (χ4v) is 3.80. The Morgan fingerprint density at radius 3 is 2.50 bits per heavy atom. The summed E-state index contributed by atoms with van der Waals surface area (Å²) in [7, 11) is -3.51. The standard InChI is InChI=1S/C16H24N2O3S/c1-3-13-8-4-7-11-15(13)18(22(2,20)21)12-16(19)17-14-9-5-6-10-14/h4,7-8,11,14H,3,5-6,9-10,12H2,1-2H3,(H,17,19). The molecule has 0 radical (unpaired) electrons. The van der Waals surface area contributed by atoms with Crippen LogP contribution in [0, 0.1) is 0 Å². The van der Waals surface area contributed by atoms with Crippen molar-refractivity contribution >= 4 is 21.6 Å². The summed E-state index contributed by atoms with van der Waals surface area (Å²) < 4.78 is 25.4. The molecule has 1 aliphatic carbocycles. The van der Waals surface area contributed by atoms with Crippen molar-refractivity contribution in [3.8, 4) is 0 Å². The summed E-state index contributed by atoms with van der Waals surface area (Å²) in [5, 5.41) is 2.94. The van der Waals surface area contributed by atoms with Gasteiger partial charge in [-0.05, 0) is 30.9 Å². The van der Waals surface area contributed by atoms with E-state index in [1.165, 1.54) is 4.31 Å². The molecule has 1 N–H and O–H groups in total. The Morgan fingerprint density at radius 2 is 1.91 bits per heavy atom. The van der Waals surface area contributed by atoms with Crippen LogP contribution in [0.3, 0.4) is 0 Å². The third-order valence-corrected chi connectivity index (χ3v) is 5.18. The minimum atomic E-state index is -3.51. The molecule has 0 heterocycles. The highest BCUT2D eigenvalue weighted by Gasteiger charge is 2.24. The first-order valence-electron chi connectivity index (χ1n) is 7.76. The van der Waals surface area contributed by atoms with Crippen molar-refractivity contribution in [3.05, 3.63) is 29.8 Å². The highest BCUT2D eigenvalue weighted by Crippen LogP contribution is 2.23. The number of nitrogens with zero attached hydrogens (tertiary/aromatic N) is 1. The van der Waals surface area contributed by atoms with Crippen molar-refractivity contribution in [2.24, 2.45) is 0 Å². The number of benzene rings is 1. The third kappa shape index (κ3) is 4.22. The van der Waals surface area contributed by atoms with Gasteiger partial charge in [0.25, 0.3) is 0 Å². The van der Waals surface area contributed by atoms with E-state index in [0.717, 1.165) is 37.5 Å². The second-order valence-corrected chi connectivity index (χ2v) is 7.71. The Morgan fingerprint density at radius 1 is 1.27 bits per heavy atom. The number of hydrogen-bond donors (Lipinski definition) is 1. The largest absolute Gasteiger partial charge is 0.352 e. The van der Waals surface area contributed by atoms with Gasteiger partial charge >= 0.3 is 0 Å². The number of hydrogen-bond acceptors (Lipinski definition) is 3. The lowest BCUT2D eigenvalue weighted by atomic mass is 10.1. The number of anilines is 1. The van der Waals surface area contributed by atoms with Crippen molar-refractivity contribution in [3.63, 3.8) is 0 Å². The summed E-state index contributed by atoms with van der Waals surface area (Å²) in [5.74, 6) is -0.233. The van der Waals surface area contributed by atoms with Crippen LogP contribution in [0.5, 0.6) is 0 Å². The van der Waals surface area contributed by atoms with Crippen LogP contribution in [-0.2, 0) is 21.2 Å². The number of aryl methyl sites for hydroxylation is 1. The molecule has 0 bridgehead atoms. The van der Waals surface area contributed by atoms with Crippen LogP contribution in [0.15, 0.2) is 24.3 Å². The molecule has 1 saturated carbocycles. The van der Waals surface area contributed by atoms with Gasteiger partial charge in [-0.3, -0.25) is 9.10 Å². The number of para-hydroxylation sites is 1. The number of carbonyl (C=O) groups is 1. The molecular weight excluding hydrogens is 300 g/mol. The fraction of sp³-hybridized carbons (Fsp3) is 0.562. The molecule has 1 fully saturated rings. The molecule has 0 aliphatic heterocycles. The molecule has 0 unspecified atom stereocenters. The maximum atomic E-state index is 12.2. The molecule has 122 valence electrons. The minimum absolute atomic E-state index is 0.160. The van der Waals surface area contributed by atoms with Gasteiger partial charge in [0, 0.05) is 6.04 Å². The topological polar surface area (TPSA) is 66.5 Å². The van der Waals surface area contributed by atoms with Crippen molar-refractivity contribution in [2.75, 3.05) is 17.1 Å². The zero-order valence-corrected chi connectivity index (χ0v) is 14.0. The Bertz CT molecular complexity index is 622. The lowest BCUT2D eigenvalue weighted by molar-refractivity contribution is -0.120. The summed E-state index contributed by atoms with van der Waals surface area (Å²) >= 11 is 0. The maximum Gasteiger partial charge on any atom is 0.240 e. The average Bonchev–Trinajstić information content (AvgIpc) is 2.96. The van der Waals surface area contributed by atoms with Crippen molar-refractivity contribution in [1.29, 1.82) is 0 Å². The summed E-state index contributed by atoms with van der Waals surface area (Å²) in [6.07, 6.45) is 6.07. The lowest BCUT2D eigenvalue weighted by Crippen LogP contribution is -2.43. The van der Waals surface area contributed by atoms with Crippen LogP contribution in [0.4, 0.5) is 5.69 Å². The van der Waals surface area contributed by atoms with Gasteiger partial charge < -0.3 is 5.32 Å². The quantitative estimate of drug-likeness (QED) is 0.871. The first kappa shape index (κ1) is 16.8. The summed E-state index contributed by atoms with van der Waals surface area (Å²) in [5.41, 5.74) is 1.51. The van der Waals surface area contributed by atoms with Gasteiger partial charge in [0.2, 0.25) is 15.9 Å². The first-order chi connectivity index (χ1) is 10.4. The summed E-state index contributed by atoms with van der Waals surface area (Å²) in [6.45, 7) is 1.81. The predicted molar refractivity (Wildman–Crippen MR) is 88.4 cm³/mol. The molecule has 1 aliphatic rings. The Labute approximate surface area is 132 Å². The lowest BCUT2D eigenvalue weighted by Gasteiger charge is -2.25. The fourth-order valence-electron chi connectivity index (χ4n) is 2.91. The highest BCUT2D eigenvalue weighted by atomic mass is 32.2. The van der Waals surface area contributed by atoms with E-state index in [1.807, 2.05) is 19.1 Å². The second-order valence-electron chi connectivity index (χ2n) is 5.80. The van der Waals surface area contributed by atoms with Gasteiger partial charge in [-0.15, -0.1) is 0 Å². The van der Waals surface area contributed by atoms with E-state index in [9.17, 15) is 13.2 Å². The van der Waals surface area contributed by atoms with E-state index in [0.29, 0.717) is 12.1 Å². The monoisotopic (exact) mass is 324 g/mol. The van der Waals surface area contributed by atoms with Gasteiger partial charge in [0.05, 0.1) is 11.9 Å². The van der Waals surface area contributed by atoms with Crippen LogP contribution in [0.25, 0.3) is 0 Å². The molecule has 6 heteroatoms. The van der Waals surface area contributed by atoms with Gasteiger partial charge in [0.15, 0.2) is 0 Å². The van der Waals surface area contributed by atoms with Gasteiger partial charge in [0.1, 0.15) is 6.54 Å². The van der Waals surface area contributed by atoms with Crippen molar-refractivity contribution in [2.45, 2.75) is 45.1 Å². The zero-order chi connectivity index (χ0) is 16.2. The zero-order valence-electron chi connectivity index (χ0n) is 13.2. The number of nitrogens with one attached hydrogen (secondary N) is 1. The number of rotatable bonds is 6. The summed E-state index contributed by atoms with van der Waals surface area (Å²) in [6, 6.07) is 7.50. The van der Waals surface area contributed by atoms with E-state index < -0.39 is 10.0 Å². The van der Waals surface area contributed by atoms with Gasteiger partial charge in [-0.1, -0.05) is 38.0 Å². The van der Waals surface area contributed by atoms with Crippen molar-refractivity contribution in [1.82, 2.24) is 5.32 Å². The van der Waals surface area contributed by atoms with Crippen LogP contribution >= 0.6 is 0 Å². The Kier molecular flexibility index (Phi) is 5.45. The molecule has 0 spiro atoms. The van der Waals surface area contributed by atoms with E-state index in [2.05, 4.69) is 5.32 Å². The molecule has 2 rings (SSSR count). The van der Waals surface area contributed by atoms with E-state index in [4.69, 9.17) is 0 Å². The number of amides is 1. The highest BCUT2D eigenvalue weighted by molar-refractivity contribution is 7.92. The molecule has 22 heavy (non-hydrogen) atoms. The smallest absolute Gasteiger partial charge is 0.240 e. The molecule has 0 aromatic heterocycles. The predicted octanol–water partition coefficient (Wildman–Crippen LogP) is 2.07. The summed E-state index contributed by atoms with van der Waals surface area (Å²) in [4.78, 5) is 12.2. The third-order valence-electron chi connectivity index (χ3n) is 4.05. The Hall–Kier alpha value is -1.56. The Balaban J connectivity index is 2.18. The van der Waals surface area contributed by atoms with E-state index in [-0.39, 0.29) is 18.5 Å². The number of carbonyl (C=O) groups excluding carboxylic acids is 1. The minimum Gasteiger partial charge on any atom is -0.352 e. The molecule has 1 aromatic carbocycles.